The van der Waals surface area contributed by atoms with Crippen LogP contribution in [0.25, 0.3) is 0 Å². The Bertz CT molecular complexity index is 826. The largest absolute Gasteiger partial charge is 0.457 e. The molecule has 0 aliphatic carbocycles. The Labute approximate surface area is 161 Å². The molecule has 0 aromatic heterocycles. The van der Waals surface area contributed by atoms with Gasteiger partial charge in [-0.3, -0.25) is 0 Å². The third-order valence-corrected chi connectivity index (χ3v) is 6.96. The van der Waals surface area contributed by atoms with E-state index in [0.717, 1.165) is 24.3 Å². The number of ether oxygens (including phenoxy) is 1. The van der Waals surface area contributed by atoms with Gasteiger partial charge in [0.25, 0.3) is 0 Å². The van der Waals surface area contributed by atoms with E-state index in [1.807, 2.05) is 0 Å². The van der Waals surface area contributed by atoms with Crippen molar-refractivity contribution >= 4 is 11.4 Å². The normalized spacial score (nSPS) is 20.1. The zero-order chi connectivity index (χ0) is 17.8. The molecular weight excluding hydrogens is 332 g/mol. The van der Waals surface area contributed by atoms with Crippen LogP contribution in [0, 0.1) is 0 Å². The Hall–Kier alpha value is -2.16. The minimum atomic E-state index is 1.10. The molecule has 0 amide bonds. The third kappa shape index (κ3) is 2.47. The number of aryl methyl sites for hydroxylation is 2. The van der Waals surface area contributed by atoms with Gasteiger partial charge >= 0.3 is 0 Å². The number of benzene rings is 2. The van der Waals surface area contributed by atoms with Crippen LogP contribution in [-0.4, -0.2) is 26.2 Å². The molecule has 0 saturated heterocycles. The second-order valence-electron chi connectivity index (χ2n) is 8.59. The predicted octanol–water partition coefficient (Wildman–Crippen LogP) is 4.88. The second-order valence-corrected chi connectivity index (χ2v) is 8.59. The Morgan fingerprint density at radius 2 is 1.00 bits per heavy atom. The Kier molecular flexibility index (Phi) is 3.63. The maximum absolute atomic E-state index is 6.67. The molecule has 0 fully saturated rings. The summed E-state index contributed by atoms with van der Waals surface area (Å²) >= 11 is 0. The number of hydrogen-bond donors (Lipinski definition) is 0. The highest BCUT2D eigenvalue weighted by Crippen LogP contribution is 2.45. The van der Waals surface area contributed by atoms with Crippen LogP contribution < -0.4 is 14.5 Å². The zero-order valence-electron chi connectivity index (χ0n) is 16.1. The summed E-state index contributed by atoms with van der Waals surface area (Å²) in [6, 6.07) is 9.13. The number of hydrogen-bond acceptors (Lipinski definition) is 3. The summed E-state index contributed by atoms with van der Waals surface area (Å²) in [4.78, 5) is 5.20. The number of rotatable bonds is 2. The second kappa shape index (κ2) is 6.19. The van der Waals surface area contributed by atoms with Crippen LogP contribution in [0.15, 0.2) is 24.3 Å². The molecule has 3 heteroatoms. The minimum absolute atomic E-state index is 1.10. The maximum Gasteiger partial charge on any atom is 0.132 e. The minimum Gasteiger partial charge on any atom is -0.457 e. The Morgan fingerprint density at radius 3 is 1.48 bits per heavy atom. The summed E-state index contributed by atoms with van der Waals surface area (Å²) in [5.74, 6) is 2.20. The Balaban J connectivity index is 1.43. The van der Waals surface area contributed by atoms with Crippen molar-refractivity contribution in [2.24, 2.45) is 0 Å². The molecule has 3 nitrogen and oxygen atoms in total. The van der Waals surface area contributed by atoms with E-state index in [0.29, 0.717) is 0 Å². The molecule has 4 aliphatic rings. The zero-order valence-corrected chi connectivity index (χ0v) is 16.1. The van der Waals surface area contributed by atoms with Crippen molar-refractivity contribution in [2.45, 2.75) is 51.4 Å². The lowest BCUT2D eigenvalue weighted by Gasteiger charge is -2.38. The predicted molar refractivity (Wildman–Crippen MR) is 111 cm³/mol. The molecule has 0 atom stereocenters. The summed E-state index contributed by atoms with van der Waals surface area (Å²) in [6.07, 6.45) is 9.82. The van der Waals surface area contributed by atoms with Gasteiger partial charge in [0.1, 0.15) is 11.5 Å². The highest BCUT2D eigenvalue weighted by molar-refractivity contribution is 5.70. The highest BCUT2D eigenvalue weighted by atomic mass is 16.5. The lowest BCUT2D eigenvalue weighted by molar-refractivity contribution is 0.460. The topological polar surface area (TPSA) is 15.7 Å². The van der Waals surface area contributed by atoms with Crippen molar-refractivity contribution in [3.8, 4) is 11.5 Å². The van der Waals surface area contributed by atoms with Gasteiger partial charge in [0, 0.05) is 48.7 Å². The van der Waals surface area contributed by atoms with Crippen molar-refractivity contribution in [2.75, 3.05) is 36.0 Å². The van der Waals surface area contributed by atoms with Gasteiger partial charge in [-0.1, -0.05) is 12.1 Å². The quantitative estimate of drug-likeness (QED) is 0.759. The molecule has 140 valence electrons. The average Bonchev–Trinajstić information content (AvgIpc) is 2.72. The number of anilines is 2. The molecule has 4 aliphatic heterocycles. The van der Waals surface area contributed by atoms with Crippen LogP contribution in [-0.2, 0) is 25.7 Å². The number of nitrogens with zero attached hydrogens (tertiary/aromatic N) is 2. The van der Waals surface area contributed by atoms with Crippen molar-refractivity contribution < 1.29 is 4.74 Å². The first kappa shape index (κ1) is 15.9. The van der Waals surface area contributed by atoms with Gasteiger partial charge in [-0.25, -0.2) is 0 Å². The molecule has 27 heavy (non-hydrogen) atoms. The smallest absolute Gasteiger partial charge is 0.132 e. The van der Waals surface area contributed by atoms with E-state index in [1.54, 1.807) is 0 Å². The summed E-state index contributed by atoms with van der Waals surface area (Å²) in [7, 11) is 0. The molecule has 0 saturated carbocycles. The van der Waals surface area contributed by atoms with Gasteiger partial charge in [-0.2, -0.15) is 0 Å². The molecule has 0 unspecified atom stereocenters. The van der Waals surface area contributed by atoms with E-state index in [-0.39, 0.29) is 0 Å². The van der Waals surface area contributed by atoms with Gasteiger partial charge < -0.3 is 14.5 Å². The fraction of sp³-hybridized carbons (Fsp3) is 0.500. The Morgan fingerprint density at radius 1 is 0.556 bits per heavy atom. The van der Waals surface area contributed by atoms with Gasteiger partial charge in [0.2, 0.25) is 0 Å². The van der Waals surface area contributed by atoms with Gasteiger partial charge in [0.15, 0.2) is 0 Å². The van der Waals surface area contributed by atoms with Crippen molar-refractivity contribution in [3.05, 3.63) is 46.5 Å². The van der Waals surface area contributed by atoms with Crippen LogP contribution >= 0.6 is 0 Å². The SMILES string of the molecule is c1cc(Oc2ccc3c4c2CCCN4CCC3)c2c3c1CCCN3CCC2. The van der Waals surface area contributed by atoms with Gasteiger partial charge in [-0.05, 0) is 74.6 Å². The summed E-state index contributed by atoms with van der Waals surface area (Å²) < 4.78 is 6.67. The highest BCUT2D eigenvalue weighted by Gasteiger charge is 2.29. The van der Waals surface area contributed by atoms with Crippen LogP contribution in [0.2, 0.25) is 0 Å². The molecule has 4 heterocycles. The lowest BCUT2D eigenvalue weighted by atomic mass is 9.90. The standard InChI is InChI=1S/C24H28N2O/c1-5-17-9-11-21(19-7-3-15-25(13-1)23(17)19)27-22-12-10-18-6-2-14-26-16-4-8-20(22)24(18)26/h9-12H,1-8,13-16H2. The van der Waals surface area contributed by atoms with Crippen LogP contribution in [0.3, 0.4) is 0 Å². The fourth-order valence-corrected chi connectivity index (χ4v) is 5.80. The molecule has 0 spiro atoms. The fourth-order valence-electron chi connectivity index (χ4n) is 5.80. The van der Waals surface area contributed by atoms with Crippen molar-refractivity contribution in [1.29, 1.82) is 0 Å². The molecule has 0 N–H and O–H groups in total. The third-order valence-electron chi connectivity index (χ3n) is 6.96. The molecular formula is C24H28N2O. The lowest BCUT2D eigenvalue weighted by Crippen LogP contribution is -2.35. The van der Waals surface area contributed by atoms with E-state index in [4.69, 9.17) is 4.74 Å². The molecule has 6 rings (SSSR count). The van der Waals surface area contributed by atoms with Gasteiger partial charge in [-0.15, -0.1) is 0 Å². The summed E-state index contributed by atoms with van der Waals surface area (Å²) in [6.45, 7) is 4.84. The summed E-state index contributed by atoms with van der Waals surface area (Å²) in [5, 5.41) is 0. The van der Waals surface area contributed by atoms with Crippen LogP contribution in [0.5, 0.6) is 11.5 Å². The molecule has 0 radical (unpaired) electrons. The van der Waals surface area contributed by atoms with E-state index < -0.39 is 0 Å². The summed E-state index contributed by atoms with van der Waals surface area (Å²) in [5.41, 5.74) is 8.96. The molecule has 2 aromatic rings. The average molecular weight is 361 g/mol. The van der Waals surface area contributed by atoms with E-state index in [2.05, 4.69) is 34.1 Å². The van der Waals surface area contributed by atoms with Gasteiger partial charge in [0.05, 0.1) is 0 Å². The van der Waals surface area contributed by atoms with E-state index >= 15 is 0 Å². The van der Waals surface area contributed by atoms with Crippen molar-refractivity contribution in [1.82, 2.24) is 0 Å². The molecule has 2 aromatic carbocycles. The van der Waals surface area contributed by atoms with E-state index in [1.165, 1.54) is 98.3 Å². The first-order valence-corrected chi connectivity index (χ1v) is 10.9. The maximum atomic E-state index is 6.67. The monoisotopic (exact) mass is 360 g/mol. The van der Waals surface area contributed by atoms with Crippen LogP contribution in [0.4, 0.5) is 11.4 Å². The first-order valence-electron chi connectivity index (χ1n) is 10.9. The van der Waals surface area contributed by atoms with Crippen LogP contribution in [0.1, 0.15) is 47.9 Å². The van der Waals surface area contributed by atoms with E-state index in [9.17, 15) is 0 Å². The first-order chi connectivity index (χ1) is 13.4. The van der Waals surface area contributed by atoms with Crippen molar-refractivity contribution in [3.63, 3.8) is 0 Å². The molecule has 0 bridgehead atoms.